The van der Waals surface area contributed by atoms with Gasteiger partial charge in [-0.3, -0.25) is 0 Å². The molecular weight excluding hydrogens is 196 g/mol. The molecule has 2 heteroatoms. The highest BCUT2D eigenvalue weighted by molar-refractivity contribution is 5.35. The van der Waals surface area contributed by atoms with Gasteiger partial charge in [0.1, 0.15) is 5.82 Å². The number of benzene rings is 1. The van der Waals surface area contributed by atoms with Crippen LogP contribution in [0.5, 0.6) is 0 Å². The Morgan fingerprint density at radius 2 is 1.88 bits per heavy atom. The van der Waals surface area contributed by atoms with Crippen LogP contribution in [0.4, 0.5) is 0 Å². The van der Waals surface area contributed by atoms with Crippen molar-refractivity contribution in [1.29, 1.82) is 0 Å². The topological polar surface area (TPSA) is 28.7 Å². The van der Waals surface area contributed by atoms with E-state index in [0.717, 1.165) is 24.4 Å². The van der Waals surface area contributed by atoms with Crippen molar-refractivity contribution in [3.63, 3.8) is 0 Å². The van der Waals surface area contributed by atoms with E-state index in [0.29, 0.717) is 0 Å². The first-order valence-corrected chi connectivity index (χ1v) is 5.79. The zero-order valence-electron chi connectivity index (χ0n) is 10.2. The number of imidazole rings is 1. The standard InChI is InChI=1S/C14H18N2/c1-4-12-9-15-14(16-12)8-13-10(2)6-5-7-11(13)3/h5-7,9H,4,8H2,1-3H3,(H,15,16). The largest absolute Gasteiger partial charge is 0.348 e. The summed E-state index contributed by atoms with van der Waals surface area (Å²) in [6.07, 6.45) is 3.89. The van der Waals surface area contributed by atoms with Gasteiger partial charge in [-0.1, -0.05) is 25.1 Å². The fourth-order valence-electron chi connectivity index (χ4n) is 1.97. The van der Waals surface area contributed by atoms with Crippen molar-refractivity contribution in [2.24, 2.45) is 0 Å². The maximum Gasteiger partial charge on any atom is 0.110 e. The summed E-state index contributed by atoms with van der Waals surface area (Å²) in [4.78, 5) is 7.80. The predicted octanol–water partition coefficient (Wildman–Crippen LogP) is 3.18. The van der Waals surface area contributed by atoms with Crippen LogP contribution in [-0.2, 0) is 12.8 Å². The van der Waals surface area contributed by atoms with Gasteiger partial charge in [-0.05, 0) is 37.0 Å². The van der Waals surface area contributed by atoms with Crippen LogP contribution in [0.25, 0.3) is 0 Å². The molecule has 0 saturated heterocycles. The lowest BCUT2D eigenvalue weighted by atomic mass is 10.00. The van der Waals surface area contributed by atoms with E-state index in [1.165, 1.54) is 16.7 Å². The van der Waals surface area contributed by atoms with Gasteiger partial charge < -0.3 is 4.98 Å². The minimum absolute atomic E-state index is 0.901. The van der Waals surface area contributed by atoms with Crippen LogP contribution in [0.2, 0.25) is 0 Å². The number of H-pyrrole nitrogens is 1. The molecule has 1 aromatic heterocycles. The number of hydrogen-bond acceptors (Lipinski definition) is 1. The van der Waals surface area contributed by atoms with E-state index in [-0.39, 0.29) is 0 Å². The molecule has 1 N–H and O–H groups in total. The van der Waals surface area contributed by atoms with Crippen molar-refractivity contribution in [2.45, 2.75) is 33.6 Å². The quantitative estimate of drug-likeness (QED) is 0.835. The molecule has 2 aromatic rings. The number of aromatic amines is 1. The third-order valence-electron chi connectivity index (χ3n) is 3.03. The van der Waals surface area contributed by atoms with Gasteiger partial charge in [0.15, 0.2) is 0 Å². The second kappa shape index (κ2) is 4.52. The van der Waals surface area contributed by atoms with Crippen molar-refractivity contribution in [3.05, 3.63) is 52.6 Å². The SMILES string of the molecule is CCc1c[nH]c(Cc2c(C)cccc2C)n1. The molecule has 0 amide bonds. The fraction of sp³-hybridized carbons (Fsp3) is 0.357. The van der Waals surface area contributed by atoms with Gasteiger partial charge in [-0.25, -0.2) is 4.98 Å². The lowest BCUT2D eigenvalue weighted by Gasteiger charge is -2.07. The van der Waals surface area contributed by atoms with Crippen LogP contribution in [0.3, 0.4) is 0 Å². The fourth-order valence-corrected chi connectivity index (χ4v) is 1.97. The first kappa shape index (κ1) is 10.9. The first-order valence-electron chi connectivity index (χ1n) is 5.79. The summed E-state index contributed by atoms with van der Waals surface area (Å²) in [5, 5.41) is 0. The molecule has 16 heavy (non-hydrogen) atoms. The monoisotopic (exact) mass is 214 g/mol. The van der Waals surface area contributed by atoms with E-state index in [2.05, 4.69) is 48.9 Å². The third kappa shape index (κ3) is 2.16. The molecule has 0 radical (unpaired) electrons. The summed E-state index contributed by atoms with van der Waals surface area (Å²) in [6, 6.07) is 6.42. The molecule has 0 saturated carbocycles. The average molecular weight is 214 g/mol. The van der Waals surface area contributed by atoms with E-state index < -0.39 is 0 Å². The number of hydrogen-bond donors (Lipinski definition) is 1. The molecule has 84 valence electrons. The Hall–Kier alpha value is -1.57. The highest BCUT2D eigenvalue weighted by Gasteiger charge is 2.06. The van der Waals surface area contributed by atoms with Gasteiger partial charge in [0, 0.05) is 12.6 Å². The van der Waals surface area contributed by atoms with Gasteiger partial charge in [0.2, 0.25) is 0 Å². The van der Waals surface area contributed by atoms with Crippen molar-refractivity contribution >= 4 is 0 Å². The highest BCUT2D eigenvalue weighted by atomic mass is 14.9. The Bertz CT molecular complexity index is 463. The maximum atomic E-state index is 4.55. The molecule has 0 aliphatic carbocycles. The van der Waals surface area contributed by atoms with Gasteiger partial charge in [0.25, 0.3) is 0 Å². The molecule has 0 aliphatic heterocycles. The molecule has 0 aliphatic rings. The van der Waals surface area contributed by atoms with Gasteiger partial charge >= 0.3 is 0 Å². The summed E-state index contributed by atoms with van der Waals surface area (Å²) >= 11 is 0. The minimum Gasteiger partial charge on any atom is -0.348 e. The van der Waals surface area contributed by atoms with E-state index in [1.54, 1.807) is 0 Å². The molecule has 0 spiro atoms. The molecule has 0 bridgehead atoms. The Morgan fingerprint density at radius 1 is 1.19 bits per heavy atom. The molecular formula is C14H18N2. The smallest absolute Gasteiger partial charge is 0.110 e. The number of rotatable bonds is 3. The van der Waals surface area contributed by atoms with E-state index >= 15 is 0 Å². The van der Waals surface area contributed by atoms with Gasteiger partial charge in [-0.2, -0.15) is 0 Å². The Balaban J connectivity index is 2.26. The number of nitrogens with one attached hydrogen (secondary N) is 1. The lowest BCUT2D eigenvalue weighted by molar-refractivity contribution is 0.973. The van der Waals surface area contributed by atoms with Gasteiger partial charge in [-0.15, -0.1) is 0 Å². The van der Waals surface area contributed by atoms with Gasteiger partial charge in [0.05, 0.1) is 5.69 Å². The van der Waals surface area contributed by atoms with Crippen LogP contribution in [0, 0.1) is 13.8 Å². The van der Waals surface area contributed by atoms with Crippen molar-refractivity contribution < 1.29 is 0 Å². The summed E-state index contributed by atoms with van der Waals surface area (Å²) < 4.78 is 0. The van der Waals surface area contributed by atoms with Crippen molar-refractivity contribution in [1.82, 2.24) is 9.97 Å². The Morgan fingerprint density at radius 3 is 2.44 bits per heavy atom. The summed E-state index contributed by atoms with van der Waals surface area (Å²) in [7, 11) is 0. The summed E-state index contributed by atoms with van der Waals surface area (Å²) in [6.45, 7) is 6.44. The van der Waals surface area contributed by atoms with Crippen LogP contribution >= 0.6 is 0 Å². The number of nitrogens with zero attached hydrogens (tertiary/aromatic N) is 1. The molecule has 2 rings (SSSR count). The second-order valence-corrected chi connectivity index (χ2v) is 4.24. The second-order valence-electron chi connectivity index (χ2n) is 4.24. The first-order chi connectivity index (χ1) is 7.70. The summed E-state index contributed by atoms with van der Waals surface area (Å²) in [5.74, 6) is 1.06. The average Bonchev–Trinajstić information content (AvgIpc) is 2.71. The highest BCUT2D eigenvalue weighted by Crippen LogP contribution is 2.16. The van der Waals surface area contributed by atoms with E-state index in [1.807, 2.05) is 6.20 Å². The normalized spacial score (nSPS) is 10.7. The Labute approximate surface area is 96.7 Å². The van der Waals surface area contributed by atoms with Crippen LogP contribution in [0.1, 0.15) is 35.1 Å². The molecule has 1 aromatic carbocycles. The summed E-state index contributed by atoms with van der Waals surface area (Å²) in [5.41, 5.74) is 5.21. The van der Waals surface area contributed by atoms with Crippen LogP contribution in [-0.4, -0.2) is 9.97 Å². The Kier molecular flexibility index (Phi) is 3.09. The molecule has 2 nitrogen and oxygen atoms in total. The number of aromatic nitrogens is 2. The molecule has 1 heterocycles. The minimum atomic E-state index is 0.901. The molecule has 0 fully saturated rings. The van der Waals surface area contributed by atoms with E-state index in [4.69, 9.17) is 0 Å². The van der Waals surface area contributed by atoms with Crippen LogP contribution in [0.15, 0.2) is 24.4 Å². The molecule has 0 atom stereocenters. The number of aryl methyl sites for hydroxylation is 3. The zero-order chi connectivity index (χ0) is 11.5. The van der Waals surface area contributed by atoms with Crippen LogP contribution < -0.4 is 0 Å². The maximum absolute atomic E-state index is 4.55. The third-order valence-corrected chi connectivity index (χ3v) is 3.03. The van der Waals surface area contributed by atoms with E-state index in [9.17, 15) is 0 Å². The lowest BCUT2D eigenvalue weighted by Crippen LogP contribution is -1.97. The van der Waals surface area contributed by atoms with Crippen molar-refractivity contribution in [3.8, 4) is 0 Å². The molecule has 0 unspecified atom stereocenters. The van der Waals surface area contributed by atoms with Crippen molar-refractivity contribution in [2.75, 3.05) is 0 Å². The predicted molar refractivity (Wildman–Crippen MR) is 66.7 cm³/mol. The zero-order valence-corrected chi connectivity index (χ0v) is 10.2.